The van der Waals surface area contributed by atoms with Crippen molar-refractivity contribution in [2.45, 2.75) is 6.42 Å². The Hall–Kier alpha value is -4.72. The second kappa shape index (κ2) is 7.45. The highest BCUT2D eigenvalue weighted by atomic mass is 16.2. The zero-order valence-electron chi connectivity index (χ0n) is 17.3. The van der Waals surface area contributed by atoms with Crippen LogP contribution in [0.4, 0.5) is 0 Å². The molecule has 0 saturated carbocycles. The van der Waals surface area contributed by atoms with Crippen LogP contribution in [0.3, 0.4) is 0 Å². The zero-order chi connectivity index (χ0) is 22.4. The fourth-order valence-corrected chi connectivity index (χ4v) is 3.84. The molecule has 3 heterocycles. The third-order valence-electron chi connectivity index (χ3n) is 5.43. The molecule has 8 nitrogen and oxygen atoms in total. The number of rotatable bonds is 2. The van der Waals surface area contributed by atoms with Gasteiger partial charge in [0.2, 0.25) is 0 Å². The SMILES string of the molecule is O=C1CC(=O)n2nc(-c3ccccc3)nc2-c2cccc(c2)-c2nc(-c3ccccc3)nn21. The van der Waals surface area contributed by atoms with Gasteiger partial charge in [-0.2, -0.15) is 9.36 Å². The van der Waals surface area contributed by atoms with Crippen molar-refractivity contribution in [1.29, 1.82) is 0 Å². The zero-order valence-corrected chi connectivity index (χ0v) is 17.3. The number of carbonyl (C=O) groups is 2. The quantitative estimate of drug-likeness (QED) is 0.388. The number of nitrogens with zero attached hydrogens (tertiary/aromatic N) is 6. The second-order valence-corrected chi connectivity index (χ2v) is 7.62. The molecule has 158 valence electrons. The highest BCUT2D eigenvalue weighted by molar-refractivity contribution is 6.01. The van der Waals surface area contributed by atoms with E-state index >= 15 is 0 Å². The molecular weight excluding hydrogens is 416 g/mol. The molecule has 2 aromatic heterocycles. The van der Waals surface area contributed by atoms with Crippen LogP contribution >= 0.6 is 0 Å². The number of hydrogen-bond acceptors (Lipinski definition) is 6. The van der Waals surface area contributed by atoms with Crippen molar-refractivity contribution in [1.82, 2.24) is 29.5 Å². The Kier molecular flexibility index (Phi) is 4.29. The van der Waals surface area contributed by atoms with Gasteiger partial charge in [-0.25, -0.2) is 9.97 Å². The van der Waals surface area contributed by atoms with E-state index in [-0.39, 0.29) is 0 Å². The predicted octanol–water partition coefficient (Wildman–Crippen LogP) is 4.22. The largest absolute Gasteiger partial charge is 0.272 e. The van der Waals surface area contributed by atoms with Gasteiger partial charge in [0, 0.05) is 22.3 Å². The molecule has 0 unspecified atom stereocenters. The Bertz CT molecular complexity index is 1410. The molecule has 0 N–H and O–H groups in total. The van der Waals surface area contributed by atoms with Gasteiger partial charge >= 0.3 is 0 Å². The number of fused-ring (bicyclic) bond motifs is 6. The van der Waals surface area contributed by atoms with E-state index in [4.69, 9.17) is 0 Å². The van der Waals surface area contributed by atoms with Gasteiger partial charge in [-0.1, -0.05) is 78.9 Å². The minimum atomic E-state index is -0.486. The summed E-state index contributed by atoms with van der Waals surface area (Å²) in [4.78, 5) is 35.5. The first-order chi connectivity index (χ1) is 16.2. The molecular formula is C25H16N6O2. The van der Waals surface area contributed by atoms with Gasteiger partial charge < -0.3 is 0 Å². The van der Waals surface area contributed by atoms with Gasteiger partial charge in [0.1, 0.15) is 6.42 Å². The van der Waals surface area contributed by atoms with Crippen LogP contribution in [0.5, 0.6) is 0 Å². The van der Waals surface area contributed by atoms with E-state index < -0.39 is 18.2 Å². The van der Waals surface area contributed by atoms with Crippen LogP contribution in [-0.2, 0) is 0 Å². The van der Waals surface area contributed by atoms with Crippen molar-refractivity contribution < 1.29 is 9.59 Å². The van der Waals surface area contributed by atoms with Gasteiger partial charge in [-0.05, 0) is 6.07 Å². The standard InChI is InChI=1S/C25H16N6O2/c32-20-15-21(33)31-25(27-23(29-31)17-10-5-2-6-11-17)19-13-7-12-18(14-19)24-26-22(28-30(20)24)16-8-3-1-4-9-16/h1-14H,15H2. The molecule has 0 radical (unpaired) electrons. The molecule has 2 bridgehead atoms. The van der Waals surface area contributed by atoms with Crippen molar-refractivity contribution in [2.75, 3.05) is 0 Å². The van der Waals surface area contributed by atoms with Crippen molar-refractivity contribution in [3.8, 4) is 45.6 Å². The lowest BCUT2D eigenvalue weighted by atomic mass is 10.1. The van der Waals surface area contributed by atoms with Crippen LogP contribution in [0, 0.1) is 0 Å². The number of carbonyl (C=O) groups excluding carboxylic acids is 2. The number of benzene rings is 3. The van der Waals surface area contributed by atoms with E-state index in [1.54, 1.807) is 0 Å². The maximum atomic E-state index is 13.1. The van der Waals surface area contributed by atoms with E-state index in [0.29, 0.717) is 34.4 Å². The Morgan fingerprint density at radius 3 is 1.42 bits per heavy atom. The smallest absolute Gasteiger partial charge is 0.258 e. The molecule has 6 rings (SSSR count). The lowest BCUT2D eigenvalue weighted by molar-refractivity contribution is 0.0787. The highest BCUT2D eigenvalue weighted by Crippen LogP contribution is 2.29. The number of hydrogen-bond donors (Lipinski definition) is 0. The monoisotopic (exact) mass is 432 g/mol. The Balaban J connectivity index is 1.54. The Morgan fingerprint density at radius 1 is 0.545 bits per heavy atom. The van der Waals surface area contributed by atoms with Gasteiger partial charge in [-0.15, -0.1) is 10.2 Å². The third-order valence-corrected chi connectivity index (χ3v) is 5.43. The first-order valence-electron chi connectivity index (χ1n) is 10.4. The Morgan fingerprint density at radius 2 is 0.970 bits per heavy atom. The maximum absolute atomic E-state index is 13.1. The third kappa shape index (κ3) is 3.25. The highest BCUT2D eigenvalue weighted by Gasteiger charge is 2.27. The molecule has 1 aliphatic rings. The first kappa shape index (κ1) is 19.0. The van der Waals surface area contributed by atoms with Gasteiger partial charge in [0.15, 0.2) is 23.3 Å². The maximum Gasteiger partial charge on any atom is 0.258 e. The summed E-state index contributed by atoms with van der Waals surface area (Å²) in [7, 11) is 0. The van der Waals surface area contributed by atoms with Crippen molar-refractivity contribution in [2.24, 2.45) is 0 Å². The molecule has 0 amide bonds. The summed E-state index contributed by atoms with van der Waals surface area (Å²) in [5, 5.41) is 8.86. The van der Waals surface area contributed by atoms with Gasteiger partial charge in [0.25, 0.3) is 11.8 Å². The summed E-state index contributed by atoms with van der Waals surface area (Å²) < 4.78 is 2.42. The molecule has 33 heavy (non-hydrogen) atoms. The molecule has 5 aromatic rings. The topological polar surface area (TPSA) is 95.6 Å². The summed E-state index contributed by atoms with van der Waals surface area (Å²) in [5.74, 6) is 0.616. The Labute approximate surface area is 188 Å². The normalized spacial score (nSPS) is 12.8. The number of aromatic nitrogens is 6. The van der Waals surface area contributed by atoms with E-state index in [9.17, 15) is 9.59 Å². The molecule has 8 heteroatoms. The van der Waals surface area contributed by atoms with E-state index in [0.717, 1.165) is 11.1 Å². The van der Waals surface area contributed by atoms with Crippen LogP contribution in [0.15, 0.2) is 84.9 Å². The lowest BCUT2D eigenvalue weighted by Gasteiger charge is -2.10. The van der Waals surface area contributed by atoms with Crippen LogP contribution in [0.2, 0.25) is 0 Å². The molecule has 0 aliphatic carbocycles. The van der Waals surface area contributed by atoms with Gasteiger partial charge in [0.05, 0.1) is 0 Å². The van der Waals surface area contributed by atoms with Crippen molar-refractivity contribution in [3.63, 3.8) is 0 Å². The summed E-state index contributed by atoms with van der Waals surface area (Å²) in [6, 6.07) is 26.2. The average Bonchev–Trinajstić information content (AvgIpc) is 3.51. The van der Waals surface area contributed by atoms with Crippen LogP contribution in [-0.4, -0.2) is 41.3 Å². The molecule has 3 aromatic carbocycles. The summed E-state index contributed by atoms with van der Waals surface area (Å²) >= 11 is 0. The minimum Gasteiger partial charge on any atom is -0.272 e. The lowest BCUT2D eigenvalue weighted by Crippen LogP contribution is -2.23. The predicted molar refractivity (Wildman–Crippen MR) is 121 cm³/mol. The fourth-order valence-electron chi connectivity index (χ4n) is 3.84. The molecule has 0 fully saturated rings. The summed E-state index contributed by atoms with van der Waals surface area (Å²) in [5.41, 5.74) is 2.95. The minimum absolute atomic E-state index is 0.379. The average molecular weight is 432 g/mol. The first-order valence-corrected chi connectivity index (χ1v) is 10.4. The van der Waals surface area contributed by atoms with E-state index in [1.807, 2.05) is 84.9 Å². The molecule has 0 saturated heterocycles. The van der Waals surface area contributed by atoms with E-state index in [1.165, 1.54) is 9.36 Å². The van der Waals surface area contributed by atoms with Crippen LogP contribution in [0.1, 0.15) is 16.0 Å². The van der Waals surface area contributed by atoms with Crippen LogP contribution < -0.4 is 0 Å². The van der Waals surface area contributed by atoms with Crippen LogP contribution in [0.25, 0.3) is 45.6 Å². The van der Waals surface area contributed by atoms with Gasteiger partial charge in [-0.3, -0.25) is 9.59 Å². The molecule has 0 spiro atoms. The fraction of sp³-hybridized carbons (Fsp3) is 0.0400. The summed E-state index contributed by atoms with van der Waals surface area (Å²) in [6.07, 6.45) is -0.417. The molecule has 1 aliphatic heterocycles. The summed E-state index contributed by atoms with van der Waals surface area (Å²) in [6.45, 7) is 0. The van der Waals surface area contributed by atoms with E-state index in [2.05, 4.69) is 20.2 Å². The molecule has 0 atom stereocenters. The second-order valence-electron chi connectivity index (χ2n) is 7.62. The van der Waals surface area contributed by atoms with Crippen molar-refractivity contribution in [3.05, 3.63) is 84.9 Å². The van der Waals surface area contributed by atoms with Crippen molar-refractivity contribution >= 4 is 11.8 Å².